The third-order valence-corrected chi connectivity index (χ3v) is 3.34. The first-order valence-corrected chi connectivity index (χ1v) is 6.49. The van der Waals surface area contributed by atoms with E-state index in [2.05, 4.69) is 32.2 Å². The molecule has 0 aliphatic rings. The van der Waals surface area contributed by atoms with Crippen molar-refractivity contribution in [3.8, 4) is 5.75 Å². The average Bonchev–Trinajstić information content (AvgIpc) is 2.38. The van der Waals surface area contributed by atoms with Crippen molar-refractivity contribution < 1.29 is 9.47 Å². The Morgan fingerprint density at radius 1 is 1.11 bits per heavy atom. The van der Waals surface area contributed by atoms with Gasteiger partial charge in [0.05, 0.1) is 13.2 Å². The van der Waals surface area contributed by atoms with E-state index < -0.39 is 0 Å². The summed E-state index contributed by atoms with van der Waals surface area (Å²) in [5.74, 6) is 0.957. The van der Waals surface area contributed by atoms with Gasteiger partial charge in [0.15, 0.2) is 0 Å². The van der Waals surface area contributed by atoms with Gasteiger partial charge in [0.25, 0.3) is 0 Å². The van der Waals surface area contributed by atoms with Crippen LogP contribution in [-0.2, 0) is 11.2 Å². The highest BCUT2D eigenvalue weighted by Crippen LogP contribution is 2.19. The summed E-state index contributed by atoms with van der Waals surface area (Å²) in [6.45, 7) is 6.41. The predicted molar refractivity (Wildman–Crippen MR) is 75.2 cm³/mol. The zero-order valence-electron chi connectivity index (χ0n) is 12.1. The van der Waals surface area contributed by atoms with Crippen molar-refractivity contribution in [1.82, 2.24) is 5.32 Å². The van der Waals surface area contributed by atoms with E-state index in [1.165, 1.54) is 5.56 Å². The van der Waals surface area contributed by atoms with Crippen LogP contribution in [0.1, 0.15) is 26.3 Å². The van der Waals surface area contributed by atoms with Crippen molar-refractivity contribution in [3.63, 3.8) is 0 Å². The SMILES string of the molecule is COc1ccccc1CC(C)NC(C)C(C)OC. The van der Waals surface area contributed by atoms with Gasteiger partial charge in [-0.25, -0.2) is 0 Å². The van der Waals surface area contributed by atoms with Gasteiger partial charge < -0.3 is 14.8 Å². The molecule has 0 aliphatic heterocycles. The van der Waals surface area contributed by atoms with E-state index in [1.807, 2.05) is 18.2 Å². The molecule has 0 aromatic heterocycles. The summed E-state index contributed by atoms with van der Waals surface area (Å²) in [7, 11) is 3.46. The van der Waals surface area contributed by atoms with Gasteiger partial charge in [-0.3, -0.25) is 0 Å². The molecule has 0 amide bonds. The molecule has 0 bridgehead atoms. The second kappa shape index (κ2) is 7.39. The summed E-state index contributed by atoms with van der Waals surface area (Å²) in [6.07, 6.45) is 1.16. The minimum absolute atomic E-state index is 0.213. The Hall–Kier alpha value is -1.06. The number of hydrogen-bond acceptors (Lipinski definition) is 3. The molecule has 1 rings (SSSR count). The lowest BCUT2D eigenvalue weighted by molar-refractivity contribution is 0.0852. The Kier molecular flexibility index (Phi) is 6.16. The van der Waals surface area contributed by atoms with Gasteiger partial charge in [-0.05, 0) is 38.8 Å². The zero-order chi connectivity index (χ0) is 13.5. The zero-order valence-corrected chi connectivity index (χ0v) is 12.1. The number of ether oxygens (including phenoxy) is 2. The average molecular weight is 251 g/mol. The normalized spacial score (nSPS) is 16.1. The van der Waals surface area contributed by atoms with Gasteiger partial charge >= 0.3 is 0 Å². The van der Waals surface area contributed by atoms with Crippen LogP contribution in [0.5, 0.6) is 5.75 Å². The van der Waals surface area contributed by atoms with Crippen LogP contribution in [0.2, 0.25) is 0 Å². The van der Waals surface area contributed by atoms with Crippen LogP contribution < -0.4 is 10.1 Å². The maximum Gasteiger partial charge on any atom is 0.122 e. The fourth-order valence-corrected chi connectivity index (χ4v) is 2.05. The van der Waals surface area contributed by atoms with Gasteiger partial charge in [0.2, 0.25) is 0 Å². The Morgan fingerprint density at radius 3 is 2.39 bits per heavy atom. The Bertz CT molecular complexity index is 354. The Labute approximate surface area is 110 Å². The third kappa shape index (κ3) is 4.31. The van der Waals surface area contributed by atoms with Crippen molar-refractivity contribution in [3.05, 3.63) is 29.8 Å². The lowest BCUT2D eigenvalue weighted by Crippen LogP contribution is -2.42. The molecule has 3 atom stereocenters. The molecule has 3 heteroatoms. The topological polar surface area (TPSA) is 30.5 Å². The molecule has 0 radical (unpaired) electrons. The van der Waals surface area contributed by atoms with E-state index in [4.69, 9.17) is 9.47 Å². The molecule has 0 saturated heterocycles. The summed E-state index contributed by atoms with van der Waals surface area (Å²) in [5.41, 5.74) is 1.23. The quantitative estimate of drug-likeness (QED) is 0.808. The van der Waals surface area contributed by atoms with Crippen molar-refractivity contribution in [1.29, 1.82) is 0 Å². The van der Waals surface area contributed by atoms with Gasteiger partial charge in [-0.15, -0.1) is 0 Å². The molecular weight excluding hydrogens is 226 g/mol. The molecule has 1 aromatic carbocycles. The Balaban J connectivity index is 2.56. The maximum atomic E-state index is 5.37. The van der Waals surface area contributed by atoms with E-state index in [-0.39, 0.29) is 6.10 Å². The van der Waals surface area contributed by atoms with Crippen LogP contribution in [0.4, 0.5) is 0 Å². The third-order valence-electron chi connectivity index (χ3n) is 3.34. The largest absolute Gasteiger partial charge is 0.496 e. The first-order chi connectivity index (χ1) is 8.58. The summed E-state index contributed by atoms with van der Waals surface area (Å²) in [4.78, 5) is 0. The van der Waals surface area contributed by atoms with Gasteiger partial charge in [-0.2, -0.15) is 0 Å². The van der Waals surface area contributed by atoms with Gasteiger partial charge in [0, 0.05) is 19.2 Å². The smallest absolute Gasteiger partial charge is 0.122 e. The second-order valence-corrected chi connectivity index (χ2v) is 4.81. The number of methoxy groups -OCH3 is 2. The number of nitrogens with one attached hydrogen (secondary N) is 1. The minimum Gasteiger partial charge on any atom is -0.496 e. The van der Waals surface area contributed by atoms with Crippen LogP contribution in [0, 0.1) is 0 Å². The highest BCUT2D eigenvalue weighted by molar-refractivity contribution is 5.33. The summed E-state index contributed by atoms with van der Waals surface area (Å²) < 4.78 is 10.7. The number of rotatable bonds is 7. The molecule has 0 saturated carbocycles. The molecule has 3 nitrogen and oxygen atoms in total. The van der Waals surface area contributed by atoms with E-state index >= 15 is 0 Å². The standard InChI is InChI=1S/C15H25NO2/c1-11(16-12(2)13(3)17-4)10-14-8-6-7-9-15(14)18-5/h6-9,11-13,16H,10H2,1-5H3. The minimum atomic E-state index is 0.213. The van der Waals surface area contributed by atoms with Crippen LogP contribution >= 0.6 is 0 Å². The highest BCUT2D eigenvalue weighted by Gasteiger charge is 2.15. The lowest BCUT2D eigenvalue weighted by Gasteiger charge is -2.24. The van der Waals surface area contributed by atoms with Crippen LogP contribution in [-0.4, -0.2) is 32.4 Å². The van der Waals surface area contributed by atoms with E-state index in [9.17, 15) is 0 Å². The highest BCUT2D eigenvalue weighted by atomic mass is 16.5. The van der Waals surface area contributed by atoms with Gasteiger partial charge in [-0.1, -0.05) is 18.2 Å². The molecule has 102 valence electrons. The van der Waals surface area contributed by atoms with Gasteiger partial charge in [0.1, 0.15) is 5.75 Å². The van der Waals surface area contributed by atoms with Crippen LogP contribution in [0.15, 0.2) is 24.3 Å². The van der Waals surface area contributed by atoms with E-state index in [0.29, 0.717) is 12.1 Å². The molecule has 1 N–H and O–H groups in total. The van der Waals surface area contributed by atoms with Crippen molar-refractivity contribution in [2.24, 2.45) is 0 Å². The molecule has 0 spiro atoms. The van der Waals surface area contributed by atoms with E-state index in [0.717, 1.165) is 12.2 Å². The molecule has 0 heterocycles. The molecule has 0 fully saturated rings. The predicted octanol–water partition coefficient (Wildman–Crippen LogP) is 2.64. The Morgan fingerprint density at radius 2 is 1.78 bits per heavy atom. The van der Waals surface area contributed by atoms with Crippen LogP contribution in [0.25, 0.3) is 0 Å². The van der Waals surface area contributed by atoms with Crippen molar-refractivity contribution in [2.45, 2.75) is 45.4 Å². The lowest BCUT2D eigenvalue weighted by atomic mass is 10.0. The van der Waals surface area contributed by atoms with Crippen molar-refractivity contribution in [2.75, 3.05) is 14.2 Å². The van der Waals surface area contributed by atoms with E-state index in [1.54, 1.807) is 14.2 Å². The molecular formula is C15H25NO2. The fraction of sp³-hybridized carbons (Fsp3) is 0.600. The number of hydrogen-bond donors (Lipinski definition) is 1. The first kappa shape index (κ1) is 15.0. The van der Waals surface area contributed by atoms with Crippen LogP contribution in [0.3, 0.4) is 0 Å². The number of para-hydroxylation sites is 1. The molecule has 0 aliphatic carbocycles. The second-order valence-electron chi connectivity index (χ2n) is 4.81. The molecule has 18 heavy (non-hydrogen) atoms. The summed E-state index contributed by atoms with van der Waals surface area (Å²) in [5, 5.41) is 3.55. The molecule has 1 aromatic rings. The summed E-state index contributed by atoms with van der Waals surface area (Å²) >= 11 is 0. The number of benzene rings is 1. The monoisotopic (exact) mass is 251 g/mol. The molecule has 3 unspecified atom stereocenters. The maximum absolute atomic E-state index is 5.37. The fourth-order valence-electron chi connectivity index (χ4n) is 2.05. The van der Waals surface area contributed by atoms with Crippen molar-refractivity contribution >= 4 is 0 Å². The first-order valence-electron chi connectivity index (χ1n) is 6.49. The summed E-state index contributed by atoms with van der Waals surface area (Å²) in [6, 6.07) is 8.88.